The smallest absolute Gasteiger partial charge is 0.287 e. The number of hydrogen-bond acceptors (Lipinski definition) is 3. The fraction of sp³-hybridized carbons (Fsp3) is 1.00. The molecule has 0 spiro atoms. The van der Waals surface area contributed by atoms with Crippen LogP contribution in [0.4, 0.5) is 0 Å². The van der Waals surface area contributed by atoms with Crippen LogP contribution in [-0.4, -0.2) is 59.5 Å². The zero-order valence-corrected chi connectivity index (χ0v) is 10.7. The molecule has 5 heteroatoms. The molecule has 0 bridgehead atoms. The molecule has 0 aromatic rings. The number of nitrogens with zero attached hydrogens (tertiary/aromatic N) is 1. The van der Waals surface area contributed by atoms with E-state index in [9.17, 15) is 0 Å². The Morgan fingerprint density at radius 3 is 1.50 bits per heavy atom. The van der Waals surface area contributed by atoms with Crippen molar-refractivity contribution in [2.75, 3.05) is 49.0 Å². The van der Waals surface area contributed by atoms with E-state index in [-0.39, 0.29) is 12.4 Å². The van der Waals surface area contributed by atoms with Crippen molar-refractivity contribution in [1.29, 1.82) is 0 Å². The summed E-state index contributed by atoms with van der Waals surface area (Å²) in [5, 5.41) is 0. The van der Waals surface area contributed by atoms with Gasteiger partial charge < -0.3 is 31.1 Å². The van der Waals surface area contributed by atoms with Crippen LogP contribution in [0, 0.1) is 0 Å². The molecule has 4 nitrogen and oxygen atoms in total. The summed E-state index contributed by atoms with van der Waals surface area (Å²) in [6.07, 6.45) is 0.708. The standard InChI is InChI=1S/C9H22NO3.ClH/c1-10(2,3)8-7-9(11-4,12-5)13-6;/h7-8H2,1-6H3;1H/q+1;/p-1. The Morgan fingerprint density at radius 1 is 0.929 bits per heavy atom. The first-order valence-corrected chi connectivity index (χ1v) is 4.35. The van der Waals surface area contributed by atoms with Gasteiger partial charge in [-0.15, -0.1) is 0 Å². The Morgan fingerprint density at radius 2 is 1.29 bits per heavy atom. The first kappa shape index (κ1) is 16.6. The molecule has 0 atom stereocenters. The highest BCUT2D eigenvalue weighted by atomic mass is 35.5. The monoisotopic (exact) mass is 227 g/mol. The molecule has 0 saturated heterocycles. The van der Waals surface area contributed by atoms with Gasteiger partial charge in [-0.2, -0.15) is 0 Å². The van der Waals surface area contributed by atoms with Crippen LogP contribution < -0.4 is 12.4 Å². The highest BCUT2D eigenvalue weighted by Gasteiger charge is 2.31. The van der Waals surface area contributed by atoms with E-state index >= 15 is 0 Å². The predicted octanol–water partition coefficient (Wildman–Crippen LogP) is -2.32. The Kier molecular flexibility index (Phi) is 7.79. The summed E-state index contributed by atoms with van der Waals surface area (Å²) in [5.74, 6) is -0.883. The lowest BCUT2D eigenvalue weighted by Crippen LogP contribution is -3.00. The van der Waals surface area contributed by atoms with E-state index in [1.807, 2.05) is 0 Å². The predicted molar refractivity (Wildman–Crippen MR) is 51.3 cm³/mol. The van der Waals surface area contributed by atoms with E-state index in [0.29, 0.717) is 6.42 Å². The second-order valence-corrected chi connectivity index (χ2v) is 4.06. The summed E-state index contributed by atoms with van der Waals surface area (Å²) in [4.78, 5) is 0. The zero-order valence-electron chi connectivity index (χ0n) is 9.96. The Bertz CT molecular complexity index is 135. The molecule has 0 radical (unpaired) electrons. The maximum Gasteiger partial charge on any atom is 0.287 e. The molecular weight excluding hydrogens is 206 g/mol. The second kappa shape index (κ2) is 6.58. The molecule has 0 amide bonds. The van der Waals surface area contributed by atoms with Crippen molar-refractivity contribution in [3.63, 3.8) is 0 Å². The van der Waals surface area contributed by atoms with Gasteiger partial charge >= 0.3 is 0 Å². The number of halogens is 1. The first-order valence-electron chi connectivity index (χ1n) is 4.35. The average molecular weight is 228 g/mol. The summed E-state index contributed by atoms with van der Waals surface area (Å²) in [5.41, 5.74) is 0. The topological polar surface area (TPSA) is 27.7 Å². The highest BCUT2D eigenvalue weighted by molar-refractivity contribution is 4.54. The van der Waals surface area contributed by atoms with Crippen LogP contribution in [0.25, 0.3) is 0 Å². The molecular formula is C9H22ClNO3. The molecule has 0 aliphatic carbocycles. The molecule has 0 N–H and O–H groups in total. The van der Waals surface area contributed by atoms with Gasteiger partial charge in [0.25, 0.3) is 5.97 Å². The van der Waals surface area contributed by atoms with Crippen LogP contribution in [-0.2, 0) is 14.2 Å². The van der Waals surface area contributed by atoms with Gasteiger partial charge in [-0.25, -0.2) is 0 Å². The van der Waals surface area contributed by atoms with Crippen molar-refractivity contribution < 1.29 is 31.1 Å². The lowest BCUT2D eigenvalue weighted by atomic mass is 10.3. The fourth-order valence-corrected chi connectivity index (χ4v) is 1.03. The van der Waals surface area contributed by atoms with Crippen molar-refractivity contribution in [3.8, 4) is 0 Å². The molecule has 14 heavy (non-hydrogen) atoms. The van der Waals surface area contributed by atoms with Crippen LogP contribution in [0.5, 0.6) is 0 Å². The van der Waals surface area contributed by atoms with Gasteiger partial charge in [0.1, 0.15) is 0 Å². The number of ether oxygens (including phenoxy) is 3. The zero-order chi connectivity index (χ0) is 10.5. The molecule has 0 heterocycles. The van der Waals surface area contributed by atoms with Gasteiger partial charge in [-0.3, -0.25) is 0 Å². The molecule has 0 aliphatic rings. The summed E-state index contributed by atoms with van der Waals surface area (Å²) in [7, 11) is 11.1. The van der Waals surface area contributed by atoms with Crippen LogP contribution in [0.1, 0.15) is 6.42 Å². The number of methoxy groups -OCH3 is 3. The number of rotatable bonds is 6. The van der Waals surface area contributed by atoms with E-state index < -0.39 is 5.97 Å². The highest BCUT2D eigenvalue weighted by Crippen LogP contribution is 2.17. The third-order valence-corrected chi connectivity index (χ3v) is 2.02. The minimum absolute atomic E-state index is 0. The van der Waals surface area contributed by atoms with Gasteiger partial charge in [-0.1, -0.05) is 0 Å². The number of hydrogen-bond donors (Lipinski definition) is 0. The van der Waals surface area contributed by atoms with E-state index in [4.69, 9.17) is 14.2 Å². The van der Waals surface area contributed by atoms with Gasteiger partial charge in [0, 0.05) is 21.3 Å². The minimum Gasteiger partial charge on any atom is -1.00 e. The maximum absolute atomic E-state index is 5.18. The average Bonchev–Trinajstić information content (AvgIpc) is 2.06. The van der Waals surface area contributed by atoms with E-state index in [1.54, 1.807) is 21.3 Å². The van der Waals surface area contributed by atoms with E-state index in [1.165, 1.54) is 0 Å². The van der Waals surface area contributed by atoms with E-state index in [2.05, 4.69) is 21.1 Å². The Hall–Kier alpha value is 0.130. The lowest BCUT2D eigenvalue weighted by Gasteiger charge is -2.32. The Labute approximate surface area is 93.1 Å². The number of quaternary nitrogens is 1. The van der Waals surface area contributed by atoms with Gasteiger partial charge in [-0.05, 0) is 0 Å². The third kappa shape index (κ3) is 5.78. The summed E-state index contributed by atoms with van der Waals surface area (Å²) >= 11 is 0. The molecule has 0 saturated carbocycles. The molecule has 0 aromatic carbocycles. The van der Waals surface area contributed by atoms with Crippen molar-refractivity contribution in [3.05, 3.63) is 0 Å². The van der Waals surface area contributed by atoms with E-state index in [0.717, 1.165) is 11.0 Å². The molecule has 0 rings (SSSR count). The van der Waals surface area contributed by atoms with Crippen LogP contribution in [0.2, 0.25) is 0 Å². The maximum atomic E-state index is 5.18. The minimum atomic E-state index is -0.883. The second-order valence-electron chi connectivity index (χ2n) is 4.06. The van der Waals surface area contributed by atoms with Crippen molar-refractivity contribution in [2.24, 2.45) is 0 Å². The van der Waals surface area contributed by atoms with Crippen LogP contribution in [0.15, 0.2) is 0 Å². The third-order valence-electron chi connectivity index (χ3n) is 2.02. The molecule has 0 unspecified atom stereocenters. The first-order chi connectivity index (χ1) is 5.89. The summed E-state index contributed by atoms with van der Waals surface area (Å²) in [6, 6.07) is 0. The molecule has 0 aromatic heterocycles. The summed E-state index contributed by atoms with van der Waals surface area (Å²) in [6.45, 7) is 0.926. The van der Waals surface area contributed by atoms with Crippen molar-refractivity contribution in [1.82, 2.24) is 0 Å². The van der Waals surface area contributed by atoms with Gasteiger partial charge in [0.15, 0.2) is 0 Å². The van der Waals surface area contributed by atoms with Crippen LogP contribution in [0.3, 0.4) is 0 Å². The molecule has 88 valence electrons. The van der Waals surface area contributed by atoms with Gasteiger partial charge in [0.2, 0.25) is 0 Å². The molecule has 0 aliphatic heterocycles. The largest absolute Gasteiger partial charge is 1.00 e. The summed E-state index contributed by atoms with van der Waals surface area (Å²) < 4.78 is 16.4. The normalized spacial score (nSPS) is 12.4. The van der Waals surface area contributed by atoms with Crippen molar-refractivity contribution >= 4 is 0 Å². The Balaban J connectivity index is 0. The SMILES string of the molecule is COC(CC[N+](C)(C)C)(OC)OC.[Cl-]. The molecule has 0 fully saturated rings. The van der Waals surface area contributed by atoms with Crippen molar-refractivity contribution in [2.45, 2.75) is 12.4 Å². The fourth-order valence-electron chi connectivity index (χ4n) is 1.03. The lowest BCUT2D eigenvalue weighted by molar-refractivity contribution is -0.872. The van der Waals surface area contributed by atoms with Gasteiger partial charge in [0.05, 0.1) is 34.1 Å². The van der Waals surface area contributed by atoms with Crippen LogP contribution >= 0.6 is 0 Å². The quantitative estimate of drug-likeness (QED) is 0.377.